The zero-order chi connectivity index (χ0) is 14.8. The fourth-order valence-electron chi connectivity index (χ4n) is 3.69. The average Bonchev–Trinajstić information content (AvgIpc) is 2.48. The first-order valence-electron chi connectivity index (χ1n) is 8.14. The second-order valence-electron chi connectivity index (χ2n) is 6.40. The summed E-state index contributed by atoms with van der Waals surface area (Å²) in [5.41, 5.74) is 2.10. The minimum Gasteiger partial charge on any atom is -0.309 e. The number of nitrogens with zero attached hydrogens (tertiary/aromatic N) is 2. The molecule has 3 nitrogen and oxygen atoms in total. The Labute approximate surface area is 127 Å². The molecule has 21 heavy (non-hydrogen) atoms. The van der Waals surface area contributed by atoms with E-state index in [1.807, 2.05) is 6.92 Å². The van der Waals surface area contributed by atoms with Gasteiger partial charge in [-0.1, -0.05) is 13.0 Å². The van der Waals surface area contributed by atoms with E-state index in [1.165, 1.54) is 13.1 Å². The largest absolute Gasteiger partial charge is 0.309 e. The standard InChI is InChI=1S/C17H26FN3/c1-3-4-19-17(14-9-13(2)10-15(18)11-14)16-12-20-5-7-21(16)8-6-20/h9-11,16-17,19H,3-8,12H2,1-2H3. The molecule has 2 atom stereocenters. The first-order valence-corrected chi connectivity index (χ1v) is 8.14. The van der Waals surface area contributed by atoms with Crippen molar-refractivity contribution in [1.29, 1.82) is 0 Å². The van der Waals surface area contributed by atoms with E-state index in [1.54, 1.807) is 12.1 Å². The highest BCUT2D eigenvalue weighted by Gasteiger charge is 2.37. The monoisotopic (exact) mass is 291 g/mol. The maximum atomic E-state index is 13.8. The summed E-state index contributed by atoms with van der Waals surface area (Å²) in [6.07, 6.45) is 1.10. The third-order valence-corrected chi connectivity index (χ3v) is 4.74. The first-order chi connectivity index (χ1) is 10.2. The zero-order valence-corrected chi connectivity index (χ0v) is 13.1. The van der Waals surface area contributed by atoms with Crippen molar-refractivity contribution in [3.63, 3.8) is 0 Å². The van der Waals surface area contributed by atoms with Gasteiger partial charge >= 0.3 is 0 Å². The Hall–Kier alpha value is -0.970. The SMILES string of the molecule is CCCNC(c1cc(C)cc(F)c1)C1CN2CCN1CC2. The number of nitrogens with one attached hydrogen (secondary N) is 1. The van der Waals surface area contributed by atoms with Crippen molar-refractivity contribution in [2.24, 2.45) is 0 Å². The number of hydrogen-bond acceptors (Lipinski definition) is 3. The molecule has 0 aromatic heterocycles. The van der Waals surface area contributed by atoms with Gasteiger partial charge in [-0.15, -0.1) is 0 Å². The number of benzene rings is 1. The van der Waals surface area contributed by atoms with Gasteiger partial charge in [-0.2, -0.15) is 0 Å². The highest BCUT2D eigenvalue weighted by molar-refractivity contribution is 5.28. The number of piperazine rings is 3. The number of fused-ring (bicyclic) bond motifs is 3. The molecule has 4 rings (SSSR count). The Morgan fingerprint density at radius 3 is 2.57 bits per heavy atom. The van der Waals surface area contributed by atoms with E-state index in [-0.39, 0.29) is 11.9 Å². The van der Waals surface area contributed by atoms with Crippen molar-refractivity contribution in [3.8, 4) is 0 Å². The molecule has 3 saturated heterocycles. The average molecular weight is 291 g/mol. The number of halogens is 1. The minimum atomic E-state index is -0.121. The number of aryl methyl sites for hydroxylation is 1. The summed E-state index contributed by atoms with van der Waals surface area (Å²) in [7, 11) is 0. The van der Waals surface area contributed by atoms with Crippen LogP contribution in [0.25, 0.3) is 0 Å². The fourth-order valence-corrected chi connectivity index (χ4v) is 3.69. The van der Waals surface area contributed by atoms with Crippen LogP contribution in [0.2, 0.25) is 0 Å². The van der Waals surface area contributed by atoms with Crippen molar-refractivity contribution in [2.75, 3.05) is 39.3 Å². The lowest BCUT2D eigenvalue weighted by atomic mass is 9.93. The third-order valence-electron chi connectivity index (χ3n) is 4.74. The predicted octanol–water partition coefficient (Wildman–Crippen LogP) is 2.17. The van der Waals surface area contributed by atoms with Crippen LogP contribution in [0.5, 0.6) is 0 Å². The molecule has 2 unspecified atom stereocenters. The molecule has 0 radical (unpaired) electrons. The van der Waals surface area contributed by atoms with Gasteiger partial charge in [0.05, 0.1) is 0 Å². The second kappa shape index (κ2) is 6.42. The molecule has 3 aliphatic heterocycles. The maximum absolute atomic E-state index is 13.8. The molecule has 0 aliphatic carbocycles. The normalized spacial score (nSPS) is 29.6. The Kier molecular flexibility index (Phi) is 4.57. The van der Waals surface area contributed by atoms with Crippen LogP contribution in [-0.4, -0.2) is 55.1 Å². The van der Waals surface area contributed by atoms with Crippen LogP contribution in [0.1, 0.15) is 30.5 Å². The van der Waals surface area contributed by atoms with E-state index in [0.717, 1.165) is 43.7 Å². The van der Waals surface area contributed by atoms with E-state index < -0.39 is 0 Å². The maximum Gasteiger partial charge on any atom is 0.123 e. The smallest absolute Gasteiger partial charge is 0.123 e. The van der Waals surface area contributed by atoms with E-state index in [2.05, 4.69) is 28.1 Å². The van der Waals surface area contributed by atoms with Gasteiger partial charge in [0.15, 0.2) is 0 Å². The van der Waals surface area contributed by atoms with Crippen LogP contribution >= 0.6 is 0 Å². The zero-order valence-electron chi connectivity index (χ0n) is 13.1. The van der Waals surface area contributed by atoms with Crippen molar-refractivity contribution >= 4 is 0 Å². The van der Waals surface area contributed by atoms with Gasteiger partial charge in [-0.3, -0.25) is 9.80 Å². The summed E-state index contributed by atoms with van der Waals surface area (Å²) >= 11 is 0. The van der Waals surface area contributed by atoms with Gasteiger partial charge < -0.3 is 5.32 Å². The van der Waals surface area contributed by atoms with Gasteiger partial charge in [-0.25, -0.2) is 4.39 Å². The second-order valence-corrected chi connectivity index (χ2v) is 6.40. The van der Waals surface area contributed by atoms with Crippen LogP contribution in [0, 0.1) is 12.7 Å². The fraction of sp³-hybridized carbons (Fsp3) is 0.647. The topological polar surface area (TPSA) is 18.5 Å². The van der Waals surface area contributed by atoms with Gasteiger partial charge in [0, 0.05) is 44.8 Å². The van der Waals surface area contributed by atoms with E-state index in [4.69, 9.17) is 0 Å². The Balaban J connectivity index is 1.86. The number of rotatable bonds is 5. The van der Waals surface area contributed by atoms with Gasteiger partial charge in [0.1, 0.15) is 5.82 Å². The summed E-state index contributed by atoms with van der Waals surface area (Å²) in [6, 6.07) is 6.13. The molecule has 4 heteroatoms. The van der Waals surface area contributed by atoms with Crippen LogP contribution in [-0.2, 0) is 0 Å². The molecular weight excluding hydrogens is 265 g/mol. The summed E-state index contributed by atoms with van der Waals surface area (Å²) < 4.78 is 13.8. The Morgan fingerprint density at radius 2 is 2.00 bits per heavy atom. The molecule has 3 fully saturated rings. The molecule has 2 bridgehead atoms. The van der Waals surface area contributed by atoms with Crippen LogP contribution < -0.4 is 5.32 Å². The minimum absolute atomic E-state index is 0.121. The van der Waals surface area contributed by atoms with E-state index in [0.29, 0.717) is 6.04 Å². The van der Waals surface area contributed by atoms with Gasteiger partial charge in [0.2, 0.25) is 0 Å². The van der Waals surface area contributed by atoms with Crippen molar-refractivity contribution in [2.45, 2.75) is 32.4 Å². The summed E-state index contributed by atoms with van der Waals surface area (Å²) in [5.74, 6) is -0.121. The van der Waals surface area contributed by atoms with Crippen LogP contribution in [0.15, 0.2) is 18.2 Å². The van der Waals surface area contributed by atoms with E-state index in [9.17, 15) is 4.39 Å². The lowest BCUT2D eigenvalue weighted by Crippen LogP contribution is -2.64. The van der Waals surface area contributed by atoms with Gasteiger partial charge in [0.25, 0.3) is 0 Å². The highest BCUT2D eigenvalue weighted by Crippen LogP contribution is 2.28. The summed E-state index contributed by atoms with van der Waals surface area (Å²) in [4.78, 5) is 5.12. The first kappa shape index (κ1) is 14.9. The third kappa shape index (κ3) is 3.28. The quantitative estimate of drug-likeness (QED) is 0.897. The lowest BCUT2D eigenvalue weighted by molar-refractivity contribution is -0.00368. The molecule has 1 aromatic carbocycles. The molecule has 1 aromatic rings. The van der Waals surface area contributed by atoms with E-state index >= 15 is 0 Å². The number of hydrogen-bond donors (Lipinski definition) is 1. The van der Waals surface area contributed by atoms with Gasteiger partial charge in [-0.05, 0) is 43.1 Å². The molecule has 0 amide bonds. The lowest BCUT2D eigenvalue weighted by Gasteiger charge is -2.50. The highest BCUT2D eigenvalue weighted by atomic mass is 19.1. The molecule has 3 aliphatic rings. The molecule has 0 spiro atoms. The van der Waals surface area contributed by atoms with Crippen molar-refractivity contribution in [3.05, 3.63) is 35.1 Å². The Morgan fingerprint density at radius 1 is 1.24 bits per heavy atom. The molecule has 3 heterocycles. The summed E-state index contributed by atoms with van der Waals surface area (Å²) in [6.45, 7) is 10.9. The van der Waals surface area contributed by atoms with Crippen molar-refractivity contribution in [1.82, 2.24) is 15.1 Å². The molecule has 1 N–H and O–H groups in total. The summed E-state index contributed by atoms with van der Waals surface area (Å²) in [5, 5.41) is 3.66. The van der Waals surface area contributed by atoms with Crippen LogP contribution in [0.3, 0.4) is 0 Å². The molecule has 0 saturated carbocycles. The molecule has 116 valence electrons. The Bertz CT molecular complexity index is 463. The molecular formula is C17H26FN3. The predicted molar refractivity (Wildman–Crippen MR) is 84.0 cm³/mol. The van der Waals surface area contributed by atoms with Crippen molar-refractivity contribution < 1.29 is 4.39 Å². The van der Waals surface area contributed by atoms with Crippen LogP contribution in [0.4, 0.5) is 4.39 Å².